The number of rotatable bonds is 4. The molecule has 0 N–H and O–H groups in total. The van der Waals surface area contributed by atoms with Crippen LogP contribution < -0.4 is 0 Å². The lowest BCUT2D eigenvalue weighted by Gasteiger charge is -2.63. The molecule has 138 valence electrons. The maximum absolute atomic E-state index is 12.4. The molecule has 0 aliphatic carbocycles. The molecule has 6 nitrogen and oxygen atoms in total. The van der Waals surface area contributed by atoms with E-state index in [4.69, 9.17) is 9.47 Å². The highest BCUT2D eigenvalue weighted by Crippen LogP contribution is 2.36. The van der Waals surface area contributed by atoms with Crippen molar-refractivity contribution in [3.63, 3.8) is 0 Å². The Hall–Kier alpha value is -0.690. The predicted octanol–water partition coefficient (Wildman–Crippen LogP) is 0.666. The Bertz CT molecular complexity index is 457. The molecule has 3 aliphatic heterocycles. The molecule has 0 aromatic heterocycles. The first kappa shape index (κ1) is 18.1. The highest BCUT2D eigenvalue weighted by Gasteiger charge is 2.54. The van der Waals surface area contributed by atoms with E-state index >= 15 is 0 Å². The molecule has 3 rings (SSSR count). The first-order valence-electron chi connectivity index (χ1n) is 9.17. The van der Waals surface area contributed by atoms with E-state index in [-0.39, 0.29) is 18.1 Å². The van der Waals surface area contributed by atoms with Crippen molar-refractivity contribution in [1.82, 2.24) is 14.7 Å². The third kappa shape index (κ3) is 3.77. The van der Waals surface area contributed by atoms with Crippen LogP contribution in [0.1, 0.15) is 27.2 Å². The van der Waals surface area contributed by atoms with E-state index in [0.717, 1.165) is 52.5 Å². The summed E-state index contributed by atoms with van der Waals surface area (Å²) in [7, 11) is 1.59. The number of likely N-dealkylation sites (tertiary alicyclic amines) is 1. The summed E-state index contributed by atoms with van der Waals surface area (Å²) >= 11 is 0. The molecule has 0 aromatic carbocycles. The normalized spacial score (nSPS) is 27.8. The summed E-state index contributed by atoms with van der Waals surface area (Å²) < 4.78 is 10.7. The highest BCUT2D eigenvalue weighted by molar-refractivity contribution is 5.77. The second-order valence-corrected chi connectivity index (χ2v) is 8.88. The smallest absolute Gasteiger partial charge is 0.248 e. The van der Waals surface area contributed by atoms with Gasteiger partial charge in [0.2, 0.25) is 5.91 Å². The van der Waals surface area contributed by atoms with Gasteiger partial charge in [0.05, 0.1) is 24.8 Å². The molecule has 3 aliphatic rings. The van der Waals surface area contributed by atoms with Gasteiger partial charge in [0.1, 0.15) is 6.61 Å². The Kier molecular flexibility index (Phi) is 5.21. The van der Waals surface area contributed by atoms with E-state index < -0.39 is 0 Å². The lowest BCUT2D eigenvalue weighted by molar-refractivity contribution is -0.177. The number of fused-ring (bicyclic) bond motifs is 2. The van der Waals surface area contributed by atoms with Gasteiger partial charge in [-0.1, -0.05) is 20.8 Å². The molecule has 1 amide bonds. The van der Waals surface area contributed by atoms with Gasteiger partial charge in [-0.2, -0.15) is 0 Å². The molecular weight excluding hydrogens is 306 g/mol. The molecular formula is C18H33N3O3. The molecule has 0 saturated carbocycles. The molecule has 1 unspecified atom stereocenters. The summed E-state index contributed by atoms with van der Waals surface area (Å²) in [5.74, 6) is 0.107. The minimum Gasteiger partial charge on any atom is -0.378 e. The number of amides is 1. The zero-order valence-electron chi connectivity index (χ0n) is 15.7. The number of ether oxygens (including phenoxy) is 2. The SMILES string of the molecule is COCC(=O)N1CC2COCCN2C2(CN(CCC(C)(C)C)C2)C1. The fourth-order valence-corrected chi connectivity index (χ4v) is 4.32. The number of methoxy groups -OCH3 is 1. The van der Waals surface area contributed by atoms with Gasteiger partial charge in [-0.25, -0.2) is 0 Å². The van der Waals surface area contributed by atoms with E-state index in [1.54, 1.807) is 7.11 Å². The maximum atomic E-state index is 12.4. The molecule has 1 spiro atoms. The number of hydrogen-bond donors (Lipinski definition) is 0. The van der Waals surface area contributed by atoms with Crippen LogP contribution in [0.3, 0.4) is 0 Å². The number of nitrogens with zero attached hydrogens (tertiary/aromatic N) is 3. The molecule has 24 heavy (non-hydrogen) atoms. The number of morpholine rings is 1. The van der Waals surface area contributed by atoms with Gasteiger partial charge < -0.3 is 14.4 Å². The van der Waals surface area contributed by atoms with Gasteiger partial charge in [0.15, 0.2) is 0 Å². The van der Waals surface area contributed by atoms with Crippen LogP contribution in [0.5, 0.6) is 0 Å². The van der Waals surface area contributed by atoms with Gasteiger partial charge in [-0.05, 0) is 18.4 Å². The van der Waals surface area contributed by atoms with Crippen LogP contribution in [0.25, 0.3) is 0 Å². The fourth-order valence-electron chi connectivity index (χ4n) is 4.32. The third-order valence-corrected chi connectivity index (χ3v) is 5.59. The summed E-state index contributed by atoms with van der Waals surface area (Å²) in [6.45, 7) is 14.5. The lowest BCUT2D eigenvalue weighted by atomic mass is 9.81. The van der Waals surface area contributed by atoms with Crippen LogP contribution in [0.2, 0.25) is 0 Å². The van der Waals surface area contributed by atoms with Crippen LogP contribution in [-0.4, -0.2) is 98.4 Å². The number of hydrogen-bond acceptors (Lipinski definition) is 5. The number of carbonyl (C=O) groups is 1. The van der Waals surface area contributed by atoms with Crippen LogP contribution in [-0.2, 0) is 14.3 Å². The summed E-state index contributed by atoms with van der Waals surface area (Å²) in [4.78, 5) is 19.5. The monoisotopic (exact) mass is 339 g/mol. The Balaban J connectivity index is 1.65. The fraction of sp³-hybridized carbons (Fsp3) is 0.944. The number of piperazine rings is 1. The van der Waals surface area contributed by atoms with Crippen molar-refractivity contribution >= 4 is 5.91 Å². The van der Waals surface area contributed by atoms with Crippen molar-refractivity contribution in [1.29, 1.82) is 0 Å². The molecule has 1 atom stereocenters. The molecule has 0 bridgehead atoms. The topological polar surface area (TPSA) is 45.2 Å². The van der Waals surface area contributed by atoms with E-state index in [0.29, 0.717) is 11.5 Å². The van der Waals surface area contributed by atoms with E-state index in [1.165, 1.54) is 6.42 Å². The summed E-state index contributed by atoms with van der Waals surface area (Å²) in [6.07, 6.45) is 1.21. The number of carbonyl (C=O) groups excluding carboxylic acids is 1. The Morgan fingerprint density at radius 3 is 2.71 bits per heavy atom. The highest BCUT2D eigenvalue weighted by atomic mass is 16.5. The zero-order chi connectivity index (χ0) is 17.4. The molecule has 0 radical (unpaired) electrons. The van der Waals surface area contributed by atoms with Gasteiger partial charge in [-0.3, -0.25) is 14.6 Å². The van der Waals surface area contributed by atoms with E-state index in [9.17, 15) is 4.79 Å². The zero-order valence-corrected chi connectivity index (χ0v) is 15.7. The first-order valence-corrected chi connectivity index (χ1v) is 9.17. The van der Waals surface area contributed by atoms with Crippen molar-refractivity contribution in [3.05, 3.63) is 0 Å². The minimum absolute atomic E-state index is 0.107. The second kappa shape index (κ2) is 6.90. The molecule has 3 fully saturated rings. The molecule has 6 heteroatoms. The standard InChI is InChI=1S/C18H33N3O3/c1-17(2,3)5-6-19-12-18(13-19)14-20(16(22)11-23-4)9-15-10-24-8-7-21(15)18/h15H,5-14H2,1-4H3. The predicted molar refractivity (Wildman–Crippen MR) is 93.0 cm³/mol. The average molecular weight is 339 g/mol. The average Bonchev–Trinajstić information content (AvgIpc) is 2.49. The van der Waals surface area contributed by atoms with Gasteiger partial charge in [0, 0.05) is 39.8 Å². The van der Waals surface area contributed by atoms with Crippen LogP contribution in [0.15, 0.2) is 0 Å². The summed E-state index contributed by atoms with van der Waals surface area (Å²) in [6, 6.07) is 0.332. The van der Waals surface area contributed by atoms with Gasteiger partial charge >= 0.3 is 0 Å². The quantitative estimate of drug-likeness (QED) is 0.753. The molecule has 0 aromatic rings. The minimum atomic E-state index is 0.107. The first-order chi connectivity index (χ1) is 11.3. The molecule has 3 heterocycles. The van der Waals surface area contributed by atoms with Crippen molar-refractivity contribution in [2.24, 2.45) is 5.41 Å². The molecule has 3 saturated heterocycles. The van der Waals surface area contributed by atoms with Gasteiger partial charge in [-0.15, -0.1) is 0 Å². The third-order valence-electron chi connectivity index (χ3n) is 5.59. The van der Waals surface area contributed by atoms with Crippen molar-refractivity contribution in [3.8, 4) is 0 Å². The van der Waals surface area contributed by atoms with Crippen molar-refractivity contribution in [2.45, 2.75) is 38.8 Å². The lowest BCUT2D eigenvalue weighted by Crippen LogP contribution is -2.81. The second-order valence-electron chi connectivity index (χ2n) is 8.88. The summed E-state index contributed by atoms with van der Waals surface area (Å²) in [5.41, 5.74) is 0.491. The van der Waals surface area contributed by atoms with E-state index in [1.807, 2.05) is 4.90 Å². The van der Waals surface area contributed by atoms with Crippen LogP contribution in [0.4, 0.5) is 0 Å². The summed E-state index contributed by atoms with van der Waals surface area (Å²) in [5, 5.41) is 0. The van der Waals surface area contributed by atoms with Crippen LogP contribution >= 0.6 is 0 Å². The van der Waals surface area contributed by atoms with Crippen molar-refractivity contribution in [2.75, 3.05) is 66.2 Å². The maximum Gasteiger partial charge on any atom is 0.248 e. The Morgan fingerprint density at radius 2 is 2.04 bits per heavy atom. The van der Waals surface area contributed by atoms with Gasteiger partial charge in [0.25, 0.3) is 0 Å². The van der Waals surface area contributed by atoms with E-state index in [2.05, 4.69) is 30.6 Å². The largest absolute Gasteiger partial charge is 0.378 e. The Labute approximate surface area is 146 Å². The Morgan fingerprint density at radius 1 is 1.29 bits per heavy atom. The van der Waals surface area contributed by atoms with Crippen LogP contribution in [0, 0.1) is 5.41 Å². The van der Waals surface area contributed by atoms with Crippen molar-refractivity contribution < 1.29 is 14.3 Å².